The van der Waals surface area contributed by atoms with Gasteiger partial charge in [0, 0.05) is 12.1 Å². The number of nitrogens with one attached hydrogen (secondary N) is 2. The molecule has 9 heteroatoms. The summed E-state index contributed by atoms with van der Waals surface area (Å²) in [7, 11) is -4.06. The summed E-state index contributed by atoms with van der Waals surface area (Å²) in [5, 5.41) is 2.52. The molecule has 122 valence electrons. The average Bonchev–Trinajstić information content (AvgIpc) is 2.90. The summed E-state index contributed by atoms with van der Waals surface area (Å²) in [5.74, 6) is -0.404. The van der Waals surface area contributed by atoms with Crippen molar-refractivity contribution >= 4 is 21.6 Å². The van der Waals surface area contributed by atoms with Crippen LogP contribution in [0.15, 0.2) is 27.6 Å². The Bertz CT molecular complexity index is 876. The van der Waals surface area contributed by atoms with Gasteiger partial charge in [-0.15, -0.1) is 0 Å². The van der Waals surface area contributed by atoms with Gasteiger partial charge in [0.05, 0.1) is 12.7 Å². The number of anilines is 1. The zero-order valence-corrected chi connectivity index (χ0v) is 13.0. The molecule has 0 bridgehead atoms. The minimum absolute atomic E-state index is 0.177. The lowest BCUT2D eigenvalue weighted by molar-refractivity contribution is -0.116. The van der Waals surface area contributed by atoms with Crippen LogP contribution in [-0.4, -0.2) is 19.3 Å². The molecule has 1 aromatic carbocycles. The quantitative estimate of drug-likeness (QED) is 0.879. The Kier molecular flexibility index (Phi) is 3.90. The van der Waals surface area contributed by atoms with Gasteiger partial charge in [0.15, 0.2) is 0 Å². The van der Waals surface area contributed by atoms with E-state index in [2.05, 4.69) is 15.0 Å². The number of nitrogens with zero attached hydrogens (tertiary/aromatic N) is 1. The number of amides is 1. The molecule has 0 aliphatic carbocycles. The van der Waals surface area contributed by atoms with Crippen LogP contribution in [0, 0.1) is 12.7 Å². The van der Waals surface area contributed by atoms with Crippen LogP contribution in [0.5, 0.6) is 0 Å². The number of hydrogen-bond acceptors (Lipinski definition) is 5. The van der Waals surface area contributed by atoms with Crippen LogP contribution in [0.1, 0.15) is 23.6 Å². The highest BCUT2D eigenvalue weighted by molar-refractivity contribution is 7.89. The summed E-state index contributed by atoms with van der Waals surface area (Å²) in [4.78, 5) is 14.7. The van der Waals surface area contributed by atoms with E-state index >= 15 is 0 Å². The molecule has 0 atom stereocenters. The molecule has 0 radical (unpaired) electrons. The summed E-state index contributed by atoms with van der Waals surface area (Å²) in [6.45, 7) is 1.51. The molecule has 1 amide bonds. The third-order valence-electron chi connectivity index (χ3n) is 3.43. The SMILES string of the molecule is Cc1cnc(CNS(=O)(=O)c2cc3c(cc2F)NC(=O)CC3)o1. The highest BCUT2D eigenvalue weighted by atomic mass is 32.2. The summed E-state index contributed by atoms with van der Waals surface area (Å²) < 4.78 is 46.1. The molecule has 2 aromatic rings. The van der Waals surface area contributed by atoms with Gasteiger partial charge in [-0.05, 0) is 31.0 Å². The molecule has 1 aromatic heterocycles. The Labute approximate surface area is 132 Å². The van der Waals surface area contributed by atoms with Crippen LogP contribution in [0.2, 0.25) is 0 Å². The average molecular weight is 339 g/mol. The monoisotopic (exact) mass is 339 g/mol. The molecule has 0 spiro atoms. The lowest BCUT2D eigenvalue weighted by atomic mass is 10.0. The number of carbonyl (C=O) groups excluding carboxylic acids is 1. The van der Waals surface area contributed by atoms with E-state index in [1.807, 2.05) is 0 Å². The third-order valence-corrected chi connectivity index (χ3v) is 4.84. The molecule has 7 nitrogen and oxygen atoms in total. The van der Waals surface area contributed by atoms with Crippen LogP contribution in [0.25, 0.3) is 0 Å². The van der Waals surface area contributed by atoms with E-state index in [4.69, 9.17) is 4.42 Å². The van der Waals surface area contributed by atoms with Gasteiger partial charge < -0.3 is 9.73 Å². The second-order valence-electron chi connectivity index (χ2n) is 5.18. The number of benzene rings is 1. The van der Waals surface area contributed by atoms with Gasteiger partial charge in [0.25, 0.3) is 0 Å². The topological polar surface area (TPSA) is 101 Å². The van der Waals surface area contributed by atoms with E-state index in [-0.39, 0.29) is 24.8 Å². The van der Waals surface area contributed by atoms with Gasteiger partial charge in [-0.1, -0.05) is 0 Å². The number of halogens is 1. The van der Waals surface area contributed by atoms with Crippen LogP contribution in [0.3, 0.4) is 0 Å². The van der Waals surface area contributed by atoms with Gasteiger partial charge in [-0.25, -0.2) is 22.5 Å². The zero-order valence-electron chi connectivity index (χ0n) is 12.2. The van der Waals surface area contributed by atoms with Gasteiger partial charge in [-0.2, -0.15) is 0 Å². The summed E-state index contributed by atoms with van der Waals surface area (Å²) in [5.41, 5.74) is 0.888. The maximum absolute atomic E-state index is 14.1. The Morgan fingerprint density at radius 3 is 2.87 bits per heavy atom. The molecule has 0 saturated carbocycles. The van der Waals surface area contributed by atoms with Crippen LogP contribution >= 0.6 is 0 Å². The van der Waals surface area contributed by atoms with Crippen LogP contribution in [0.4, 0.5) is 10.1 Å². The highest BCUT2D eigenvalue weighted by Crippen LogP contribution is 2.28. The fraction of sp³-hybridized carbons (Fsp3) is 0.286. The highest BCUT2D eigenvalue weighted by Gasteiger charge is 2.24. The molecule has 0 unspecified atom stereocenters. The van der Waals surface area contributed by atoms with Gasteiger partial charge in [0.1, 0.15) is 16.5 Å². The lowest BCUT2D eigenvalue weighted by Gasteiger charge is -2.18. The standard InChI is InChI=1S/C14H14FN3O4S/c1-8-6-16-14(22-8)7-17-23(20,21)12-4-9-2-3-13(19)18-11(9)5-10(12)15/h4-6,17H,2-3,7H2,1H3,(H,18,19). The van der Waals surface area contributed by atoms with Crippen molar-refractivity contribution in [3.05, 3.63) is 41.4 Å². The number of aromatic nitrogens is 1. The minimum Gasteiger partial charge on any atom is -0.445 e. The molecule has 2 N–H and O–H groups in total. The predicted octanol–water partition coefficient (Wildman–Crippen LogP) is 1.49. The predicted molar refractivity (Wildman–Crippen MR) is 78.6 cm³/mol. The van der Waals surface area contributed by atoms with E-state index in [0.717, 1.165) is 6.07 Å². The first-order valence-corrected chi connectivity index (χ1v) is 8.37. The summed E-state index contributed by atoms with van der Waals surface area (Å²) in [6, 6.07) is 2.27. The molecule has 1 aliphatic heterocycles. The van der Waals surface area contributed by atoms with Gasteiger partial charge >= 0.3 is 0 Å². The lowest BCUT2D eigenvalue weighted by Crippen LogP contribution is -2.26. The number of fused-ring (bicyclic) bond motifs is 1. The maximum Gasteiger partial charge on any atom is 0.243 e. The van der Waals surface area contributed by atoms with Crippen molar-refractivity contribution in [3.63, 3.8) is 0 Å². The zero-order chi connectivity index (χ0) is 16.6. The van der Waals surface area contributed by atoms with Crippen molar-refractivity contribution in [1.29, 1.82) is 0 Å². The fourth-order valence-electron chi connectivity index (χ4n) is 2.30. The van der Waals surface area contributed by atoms with E-state index in [9.17, 15) is 17.6 Å². The van der Waals surface area contributed by atoms with E-state index in [1.165, 1.54) is 12.3 Å². The molecule has 2 heterocycles. The van der Waals surface area contributed by atoms with Gasteiger partial charge in [-0.3, -0.25) is 4.79 Å². The maximum atomic E-state index is 14.1. The Morgan fingerprint density at radius 1 is 1.39 bits per heavy atom. The molecular weight excluding hydrogens is 325 g/mol. The third kappa shape index (κ3) is 3.25. The van der Waals surface area contributed by atoms with Crippen LogP contribution in [-0.2, 0) is 27.8 Å². The first-order chi connectivity index (χ1) is 10.8. The number of carbonyl (C=O) groups is 1. The molecular formula is C14H14FN3O4S. The summed E-state index contributed by atoms with van der Waals surface area (Å²) >= 11 is 0. The van der Waals surface area contributed by atoms with Crippen molar-refractivity contribution in [2.75, 3.05) is 5.32 Å². The van der Waals surface area contributed by atoms with E-state index in [0.29, 0.717) is 23.4 Å². The molecule has 0 fully saturated rings. The van der Waals surface area contributed by atoms with Gasteiger partial charge in [0.2, 0.25) is 21.8 Å². The molecule has 0 saturated heterocycles. The second kappa shape index (κ2) is 5.74. The molecule has 23 heavy (non-hydrogen) atoms. The number of oxazole rings is 1. The summed E-state index contributed by atoms with van der Waals surface area (Å²) in [6.07, 6.45) is 2.07. The second-order valence-corrected chi connectivity index (χ2v) is 6.91. The van der Waals surface area contributed by atoms with Crippen LogP contribution < -0.4 is 10.0 Å². The van der Waals surface area contributed by atoms with E-state index < -0.39 is 20.7 Å². The molecule has 3 rings (SSSR count). The van der Waals surface area contributed by atoms with Crippen molar-refractivity contribution in [3.8, 4) is 0 Å². The Balaban J connectivity index is 1.86. The Morgan fingerprint density at radius 2 is 2.17 bits per heavy atom. The largest absolute Gasteiger partial charge is 0.445 e. The first kappa shape index (κ1) is 15.6. The normalized spacial score (nSPS) is 14.4. The number of aryl methyl sites for hydroxylation is 2. The smallest absolute Gasteiger partial charge is 0.243 e. The fourth-order valence-corrected chi connectivity index (χ4v) is 3.39. The van der Waals surface area contributed by atoms with Crippen molar-refractivity contribution in [1.82, 2.24) is 9.71 Å². The number of hydrogen-bond donors (Lipinski definition) is 2. The number of rotatable bonds is 4. The van der Waals surface area contributed by atoms with Crippen molar-refractivity contribution in [2.45, 2.75) is 31.2 Å². The van der Waals surface area contributed by atoms with Crippen molar-refractivity contribution < 1.29 is 22.0 Å². The number of sulfonamides is 1. The first-order valence-electron chi connectivity index (χ1n) is 6.88. The Hall–Kier alpha value is -2.26. The van der Waals surface area contributed by atoms with E-state index in [1.54, 1.807) is 6.92 Å². The molecule has 1 aliphatic rings. The minimum atomic E-state index is -4.06. The van der Waals surface area contributed by atoms with Crippen molar-refractivity contribution in [2.24, 2.45) is 0 Å².